The van der Waals surface area contributed by atoms with Crippen molar-refractivity contribution in [2.45, 2.75) is 32.7 Å². The van der Waals surface area contributed by atoms with Crippen molar-refractivity contribution in [2.24, 2.45) is 0 Å². The third-order valence-electron chi connectivity index (χ3n) is 5.01. The predicted octanol–water partition coefficient (Wildman–Crippen LogP) is 2.73. The van der Waals surface area contributed by atoms with E-state index in [1.165, 1.54) is 12.8 Å². The summed E-state index contributed by atoms with van der Waals surface area (Å²) in [6.45, 7) is 10.1. The van der Waals surface area contributed by atoms with Gasteiger partial charge in [0.25, 0.3) is 5.69 Å². The molecule has 2 aliphatic rings. The smallest absolute Gasteiger partial charge is 0.292 e. The van der Waals surface area contributed by atoms with Crippen molar-refractivity contribution in [3.63, 3.8) is 0 Å². The molecule has 0 N–H and O–H groups in total. The molecule has 2 fully saturated rings. The average molecular weight is 318 g/mol. The SMILES string of the molecule is CC(C)N1CCN(c2cc(N3CCCC3)ccc2[N+](=O)[O-])CC1. The third-order valence-corrected chi connectivity index (χ3v) is 5.01. The predicted molar refractivity (Wildman–Crippen MR) is 93.5 cm³/mol. The van der Waals surface area contributed by atoms with Gasteiger partial charge in [0.15, 0.2) is 0 Å². The zero-order chi connectivity index (χ0) is 16.4. The summed E-state index contributed by atoms with van der Waals surface area (Å²) in [7, 11) is 0. The first-order valence-electron chi connectivity index (χ1n) is 8.58. The summed E-state index contributed by atoms with van der Waals surface area (Å²) in [6.07, 6.45) is 2.42. The number of hydrogen-bond acceptors (Lipinski definition) is 5. The highest BCUT2D eigenvalue weighted by atomic mass is 16.6. The van der Waals surface area contributed by atoms with Crippen molar-refractivity contribution in [2.75, 3.05) is 49.1 Å². The Morgan fingerprint density at radius 3 is 2.22 bits per heavy atom. The van der Waals surface area contributed by atoms with E-state index in [9.17, 15) is 10.1 Å². The lowest BCUT2D eigenvalue weighted by atomic mass is 10.1. The molecule has 2 heterocycles. The summed E-state index contributed by atoms with van der Waals surface area (Å²) in [5.74, 6) is 0. The number of piperazine rings is 1. The second-order valence-electron chi connectivity index (χ2n) is 6.74. The van der Waals surface area contributed by atoms with E-state index in [4.69, 9.17) is 0 Å². The summed E-state index contributed by atoms with van der Waals surface area (Å²) in [4.78, 5) is 18.1. The molecule has 0 aliphatic carbocycles. The molecule has 2 saturated heterocycles. The normalized spacial score (nSPS) is 19.6. The van der Waals surface area contributed by atoms with Crippen molar-refractivity contribution >= 4 is 17.1 Å². The Bertz CT molecular complexity index is 562. The number of anilines is 2. The van der Waals surface area contributed by atoms with Gasteiger partial charge in [-0.2, -0.15) is 0 Å². The van der Waals surface area contributed by atoms with Crippen LogP contribution in [0.3, 0.4) is 0 Å². The highest BCUT2D eigenvalue weighted by Crippen LogP contribution is 2.34. The van der Waals surface area contributed by atoms with E-state index in [1.807, 2.05) is 12.1 Å². The molecule has 23 heavy (non-hydrogen) atoms. The second-order valence-corrected chi connectivity index (χ2v) is 6.74. The highest BCUT2D eigenvalue weighted by Gasteiger charge is 2.26. The molecular weight excluding hydrogens is 292 g/mol. The van der Waals surface area contributed by atoms with E-state index in [0.29, 0.717) is 6.04 Å². The van der Waals surface area contributed by atoms with Crippen LogP contribution in [0.4, 0.5) is 17.1 Å². The van der Waals surface area contributed by atoms with Crippen LogP contribution in [0, 0.1) is 10.1 Å². The van der Waals surface area contributed by atoms with Gasteiger partial charge in [0.05, 0.1) is 4.92 Å². The summed E-state index contributed by atoms with van der Waals surface area (Å²) < 4.78 is 0. The zero-order valence-corrected chi connectivity index (χ0v) is 14.1. The van der Waals surface area contributed by atoms with Crippen LogP contribution in [-0.2, 0) is 0 Å². The van der Waals surface area contributed by atoms with Crippen LogP contribution in [0.2, 0.25) is 0 Å². The van der Waals surface area contributed by atoms with Crippen molar-refractivity contribution < 1.29 is 4.92 Å². The van der Waals surface area contributed by atoms with E-state index in [-0.39, 0.29) is 10.6 Å². The maximum atomic E-state index is 11.4. The minimum absolute atomic E-state index is 0.228. The lowest BCUT2D eigenvalue weighted by molar-refractivity contribution is -0.384. The van der Waals surface area contributed by atoms with E-state index in [1.54, 1.807) is 6.07 Å². The molecule has 3 rings (SSSR count). The van der Waals surface area contributed by atoms with Gasteiger partial charge < -0.3 is 9.80 Å². The van der Waals surface area contributed by atoms with E-state index < -0.39 is 0 Å². The minimum atomic E-state index is -0.252. The molecule has 0 radical (unpaired) electrons. The monoisotopic (exact) mass is 318 g/mol. The van der Waals surface area contributed by atoms with Gasteiger partial charge in [0.2, 0.25) is 0 Å². The molecule has 0 amide bonds. The average Bonchev–Trinajstić information content (AvgIpc) is 3.08. The first kappa shape index (κ1) is 16.1. The quantitative estimate of drug-likeness (QED) is 0.631. The molecule has 6 heteroatoms. The summed E-state index contributed by atoms with van der Waals surface area (Å²) in [5.41, 5.74) is 2.13. The molecule has 0 atom stereocenters. The van der Waals surface area contributed by atoms with Gasteiger partial charge in [0, 0.05) is 57.1 Å². The fourth-order valence-electron chi connectivity index (χ4n) is 3.57. The summed E-state index contributed by atoms with van der Waals surface area (Å²) in [6, 6.07) is 6.13. The lowest BCUT2D eigenvalue weighted by Crippen LogP contribution is -2.49. The molecule has 1 aromatic rings. The molecular formula is C17H26N4O2. The fourth-order valence-corrected chi connectivity index (χ4v) is 3.57. The van der Waals surface area contributed by atoms with Crippen molar-refractivity contribution in [1.29, 1.82) is 0 Å². The Balaban J connectivity index is 1.83. The van der Waals surface area contributed by atoms with Gasteiger partial charge in [-0.3, -0.25) is 15.0 Å². The van der Waals surface area contributed by atoms with Crippen molar-refractivity contribution in [1.82, 2.24) is 4.90 Å². The first-order valence-corrected chi connectivity index (χ1v) is 8.58. The number of nitro groups is 1. The summed E-state index contributed by atoms with van der Waals surface area (Å²) >= 11 is 0. The van der Waals surface area contributed by atoms with Gasteiger partial charge >= 0.3 is 0 Å². The van der Waals surface area contributed by atoms with Crippen LogP contribution in [0.25, 0.3) is 0 Å². The van der Waals surface area contributed by atoms with Gasteiger partial charge in [-0.1, -0.05) is 0 Å². The molecule has 0 spiro atoms. The Morgan fingerprint density at radius 1 is 1.00 bits per heavy atom. The molecule has 1 aromatic carbocycles. The molecule has 2 aliphatic heterocycles. The third kappa shape index (κ3) is 3.42. The van der Waals surface area contributed by atoms with Crippen LogP contribution >= 0.6 is 0 Å². The minimum Gasteiger partial charge on any atom is -0.371 e. The molecule has 0 unspecified atom stereocenters. The van der Waals surface area contributed by atoms with Gasteiger partial charge in [-0.25, -0.2) is 0 Å². The van der Waals surface area contributed by atoms with E-state index in [0.717, 1.165) is 50.6 Å². The Morgan fingerprint density at radius 2 is 1.65 bits per heavy atom. The Hall–Kier alpha value is -1.82. The number of hydrogen-bond donors (Lipinski definition) is 0. The lowest BCUT2D eigenvalue weighted by Gasteiger charge is -2.38. The second kappa shape index (κ2) is 6.74. The Kier molecular flexibility index (Phi) is 4.71. The van der Waals surface area contributed by atoms with Crippen LogP contribution in [-0.4, -0.2) is 55.1 Å². The van der Waals surface area contributed by atoms with E-state index in [2.05, 4.69) is 28.5 Å². The standard InChI is InChI=1S/C17H26N4O2/c1-14(2)18-9-11-20(12-10-18)17-13-15(19-7-3-4-8-19)5-6-16(17)21(22)23/h5-6,13-14H,3-4,7-12H2,1-2H3. The summed E-state index contributed by atoms with van der Waals surface area (Å²) in [5, 5.41) is 11.4. The maximum absolute atomic E-state index is 11.4. The van der Waals surface area contributed by atoms with Gasteiger partial charge in [0.1, 0.15) is 5.69 Å². The molecule has 0 saturated carbocycles. The van der Waals surface area contributed by atoms with E-state index >= 15 is 0 Å². The van der Waals surface area contributed by atoms with Crippen molar-refractivity contribution in [3.05, 3.63) is 28.3 Å². The number of benzene rings is 1. The topological polar surface area (TPSA) is 52.9 Å². The van der Waals surface area contributed by atoms with Crippen molar-refractivity contribution in [3.8, 4) is 0 Å². The maximum Gasteiger partial charge on any atom is 0.292 e. The molecule has 0 aromatic heterocycles. The Labute approximate surface area is 137 Å². The van der Waals surface area contributed by atoms with Crippen LogP contribution in [0.5, 0.6) is 0 Å². The van der Waals surface area contributed by atoms with Crippen LogP contribution in [0.15, 0.2) is 18.2 Å². The van der Waals surface area contributed by atoms with Crippen LogP contribution < -0.4 is 9.80 Å². The molecule has 6 nitrogen and oxygen atoms in total. The fraction of sp³-hybridized carbons (Fsp3) is 0.647. The highest BCUT2D eigenvalue weighted by molar-refractivity contribution is 5.70. The number of nitrogens with zero attached hydrogens (tertiary/aromatic N) is 4. The number of rotatable bonds is 4. The van der Waals surface area contributed by atoms with Gasteiger partial charge in [-0.05, 0) is 38.8 Å². The zero-order valence-electron chi connectivity index (χ0n) is 14.1. The van der Waals surface area contributed by atoms with Crippen LogP contribution in [0.1, 0.15) is 26.7 Å². The molecule has 0 bridgehead atoms. The first-order chi connectivity index (χ1) is 11.1. The number of nitro benzene ring substituents is 1. The molecule has 126 valence electrons. The largest absolute Gasteiger partial charge is 0.371 e. The van der Waals surface area contributed by atoms with Gasteiger partial charge in [-0.15, -0.1) is 0 Å².